The maximum atomic E-state index is 10.7. The van der Waals surface area contributed by atoms with E-state index in [2.05, 4.69) is 15.6 Å². The van der Waals surface area contributed by atoms with Crippen molar-refractivity contribution in [2.45, 2.75) is 13.1 Å². The number of ether oxygens (including phenoxy) is 3. The molecule has 0 aromatic heterocycles. The molecule has 0 amide bonds. The molecular weight excluding hydrogens is 364 g/mol. The van der Waals surface area contributed by atoms with Gasteiger partial charge in [0.2, 0.25) is 5.75 Å². The van der Waals surface area contributed by atoms with Gasteiger partial charge in [-0.05, 0) is 23.3 Å². The van der Waals surface area contributed by atoms with E-state index in [-0.39, 0.29) is 5.69 Å². The van der Waals surface area contributed by atoms with Crippen LogP contribution in [0.2, 0.25) is 0 Å². The molecule has 2 rings (SSSR count). The second kappa shape index (κ2) is 10.0. The summed E-state index contributed by atoms with van der Waals surface area (Å²) in [6.45, 7) is 0.962. The number of guanidine groups is 1. The minimum absolute atomic E-state index is 0.0636. The molecule has 0 bridgehead atoms. The Kier molecular flexibility index (Phi) is 7.44. The number of nitro benzene ring substituents is 1. The number of methoxy groups -OCH3 is 3. The van der Waals surface area contributed by atoms with Gasteiger partial charge < -0.3 is 24.8 Å². The summed E-state index contributed by atoms with van der Waals surface area (Å²) < 4.78 is 16.0. The molecule has 0 radical (unpaired) electrons. The first-order valence-corrected chi connectivity index (χ1v) is 8.49. The third kappa shape index (κ3) is 5.26. The standard InChI is InChI=1S/C19H24N4O5/c1-20-19(21-11-13-5-7-15(8-6-13)23(24)25)22-12-14-9-16(26-2)18(28-4)17(10-14)27-3/h5-10H,11-12H2,1-4H3,(H2,20,21,22). The molecular formula is C19H24N4O5. The van der Waals surface area contributed by atoms with E-state index < -0.39 is 4.92 Å². The van der Waals surface area contributed by atoms with Crippen molar-refractivity contribution in [3.8, 4) is 17.2 Å². The third-order valence-electron chi connectivity index (χ3n) is 4.02. The second-order valence-corrected chi connectivity index (χ2v) is 5.74. The number of aliphatic imine (C=N–C) groups is 1. The second-order valence-electron chi connectivity index (χ2n) is 5.74. The lowest BCUT2D eigenvalue weighted by atomic mass is 10.2. The molecule has 0 atom stereocenters. The number of nitro groups is 1. The highest BCUT2D eigenvalue weighted by Gasteiger charge is 2.13. The Morgan fingerprint density at radius 3 is 1.93 bits per heavy atom. The first kappa shape index (κ1) is 20.8. The molecule has 0 fully saturated rings. The molecule has 0 aliphatic heterocycles. The fourth-order valence-corrected chi connectivity index (χ4v) is 2.57. The number of benzene rings is 2. The lowest BCUT2D eigenvalue weighted by molar-refractivity contribution is -0.384. The highest BCUT2D eigenvalue weighted by atomic mass is 16.6. The van der Waals surface area contributed by atoms with Gasteiger partial charge in [-0.15, -0.1) is 0 Å². The van der Waals surface area contributed by atoms with Gasteiger partial charge in [-0.2, -0.15) is 0 Å². The minimum atomic E-state index is -0.422. The number of rotatable bonds is 8. The average molecular weight is 388 g/mol. The Bertz CT molecular complexity index is 812. The summed E-state index contributed by atoms with van der Waals surface area (Å²) in [5.74, 6) is 2.28. The molecule has 2 aromatic carbocycles. The Labute approximate surface area is 163 Å². The van der Waals surface area contributed by atoms with Gasteiger partial charge in [-0.3, -0.25) is 15.1 Å². The van der Waals surface area contributed by atoms with Gasteiger partial charge >= 0.3 is 0 Å². The van der Waals surface area contributed by atoms with Crippen molar-refractivity contribution in [1.29, 1.82) is 0 Å². The maximum absolute atomic E-state index is 10.7. The average Bonchev–Trinajstić information content (AvgIpc) is 2.73. The van der Waals surface area contributed by atoms with Crippen LogP contribution in [0, 0.1) is 10.1 Å². The van der Waals surface area contributed by atoms with Crippen molar-refractivity contribution in [1.82, 2.24) is 10.6 Å². The Morgan fingerprint density at radius 1 is 0.964 bits per heavy atom. The molecule has 0 saturated carbocycles. The fourth-order valence-electron chi connectivity index (χ4n) is 2.57. The van der Waals surface area contributed by atoms with E-state index in [1.54, 1.807) is 40.5 Å². The van der Waals surface area contributed by atoms with Crippen molar-refractivity contribution in [3.63, 3.8) is 0 Å². The van der Waals surface area contributed by atoms with Crippen LogP contribution in [0.1, 0.15) is 11.1 Å². The van der Waals surface area contributed by atoms with Crippen molar-refractivity contribution in [3.05, 3.63) is 57.6 Å². The van der Waals surface area contributed by atoms with Crippen LogP contribution in [0.5, 0.6) is 17.2 Å². The van der Waals surface area contributed by atoms with E-state index in [1.165, 1.54) is 12.1 Å². The van der Waals surface area contributed by atoms with Crippen LogP contribution < -0.4 is 24.8 Å². The lowest BCUT2D eigenvalue weighted by Gasteiger charge is -2.16. The first-order valence-electron chi connectivity index (χ1n) is 8.49. The van der Waals surface area contributed by atoms with Crippen LogP contribution in [-0.2, 0) is 13.1 Å². The van der Waals surface area contributed by atoms with E-state index in [1.807, 2.05) is 12.1 Å². The highest BCUT2D eigenvalue weighted by Crippen LogP contribution is 2.38. The Hall–Kier alpha value is -3.49. The van der Waals surface area contributed by atoms with Crippen molar-refractivity contribution < 1.29 is 19.1 Å². The predicted molar refractivity (Wildman–Crippen MR) is 106 cm³/mol. The minimum Gasteiger partial charge on any atom is -0.493 e. The molecule has 0 spiro atoms. The largest absolute Gasteiger partial charge is 0.493 e. The van der Waals surface area contributed by atoms with Crippen molar-refractivity contribution >= 4 is 11.6 Å². The van der Waals surface area contributed by atoms with Gasteiger partial charge in [-0.25, -0.2) is 0 Å². The van der Waals surface area contributed by atoms with E-state index in [4.69, 9.17) is 14.2 Å². The molecule has 150 valence electrons. The molecule has 0 saturated heterocycles. The summed E-state index contributed by atoms with van der Waals surface area (Å²) in [5, 5.41) is 17.1. The number of nitrogens with zero attached hydrogens (tertiary/aromatic N) is 2. The molecule has 0 unspecified atom stereocenters. The van der Waals surface area contributed by atoms with Gasteiger partial charge in [0, 0.05) is 32.3 Å². The van der Waals surface area contributed by atoms with Gasteiger partial charge in [0.05, 0.1) is 26.3 Å². The first-order chi connectivity index (χ1) is 13.5. The fraction of sp³-hybridized carbons (Fsp3) is 0.316. The predicted octanol–water partition coefficient (Wildman–Crippen LogP) is 2.49. The monoisotopic (exact) mass is 388 g/mol. The highest BCUT2D eigenvalue weighted by molar-refractivity contribution is 5.79. The summed E-state index contributed by atoms with van der Waals surface area (Å²) in [7, 11) is 6.36. The van der Waals surface area contributed by atoms with E-state index in [0.29, 0.717) is 36.3 Å². The molecule has 2 aromatic rings. The smallest absolute Gasteiger partial charge is 0.269 e. The molecule has 28 heavy (non-hydrogen) atoms. The zero-order valence-corrected chi connectivity index (χ0v) is 16.3. The molecule has 9 nitrogen and oxygen atoms in total. The Balaban J connectivity index is 1.99. The van der Waals surface area contributed by atoms with E-state index in [9.17, 15) is 10.1 Å². The van der Waals surface area contributed by atoms with Crippen LogP contribution >= 0.6 is 0 Å². The topological polar surface area (TPSA) is 107 Å². The summed E-state index contributed by atoms with van der Waals surface area (Å²) in [4.78, 5) is 14.5. The summed E-state index contributed by atoms with van der Waals surface area (Å²) >= 11 is 0. The number of nitrogens with one attached hydrogen (secondary N) is 2. The zero-order chi connectivity index (χ0) is 20.5. The summed E-state index contributed by atoms with van der Waals surface area (Å²) in [5.41, 5.74) is 1.89. The quantitative estimate of drug-likeness (QED) is 0.310. The van der Waals surface area contributed by atoms with Crippen molar-refractivity contribution in [2.24, 2.45) is 4.99 Å². The van der Waals surface area contributed by atoms with E-state index in [0.717, 1.165) is 11.1 Å². The molecule has 0 aliphatic carbocycles. The number of non-ortho nitro benzene ring substituents is 1. The SMILES string of the molecule is CN=C(NCc1ccc([N+](=O)[O-])cc1)NCc1cc(OC)c(OC)c(OC)c1. The zero-order valence-electron chi connectivity index (χ0n) is 16.3. The number of hydrogen-bond acceptors (Lipinski definition) is 6. The van der Waals surface area contributed by atoms with Gasteiger partial charge in [0.1, 0.15) is 0 Å². The molecule has 0 heterocycles. The molecule has 2 N–H and O–H groups in total. The molecule has 0 aliphatic rings. The van der Waals surface area contributed by atoms with Crippen LogP contribution in [0.4, 0.5) is 5.69 Å². The van der Waals surface area contributed by atoms with Crippen molar-refractivity contribution in [2.75, 3.05) is 28.4 Å². The summed E-state index contributed by atoms with van der Waals surface area (Å²) in [6, 6.07) is 10.1. The van der Waals surface area contributed by atoms with Gasteiger partial charge in [-0.1, -0.05) is 12.1 Å². The van der Waals surface area contributed by atoms with Crippen LogP contribution in [0.3, 0.4) is 0 Å². The lowest BCUT2D eigenvalue weighted by Crippen LogP contribution is -2.36. The van der Waals surface area contributed by atoms with Crippen LogP contribution in [-0.4, -0.2) is 39.3 Å². The number of hydrogen-bond donors (Lipinski definition) is 2. The Morgan fingerprint density at radius 2 is 1.50 bits per heavy atom. The van der Waals surface area contributed by atoms with Gasteiger partial charge in [0.25, 0.3) is 5.69 Å². The van der Waals surface area contributed by atoms with Crippen LogP contribution in [0.25, 0.3) is 0 Å². The third-order valence-corrected chi connectivity index (χ3v) is 4.02. The summed E-state index contributed by atoms with van der Waals surface area (Å²) in [6.07, 6.45) is 0. The van der Waals surface area contributed by atoms with E-state index >= 15 is 0 Å². The van der Waals surface area contributed by atoms with Crippen LogP contribution in [0.15, 0.2) is 41.4 Å². The normalized spacial score (nSPS) is 10.9. The van der Waals surface area contributed by atoms with Gasteiger partial charge in [0.15, 0.2) is 17.5 Å². The maximum Gasteiger partial charge on any atom is 0.269 e. The molecule has 9 heteroatoms.